The molecule has 1 saturated heterocycles. The van der Waals surface area contributed by atoms with E-state index >= 15 is 0 Å². The van der Waals surface area contributed by atoms with Crippen molar-refractivity contribution in [1.29, 1.82) is 0 Å². The van der Waals surface area contributed by atoms with Gasteiger partial charge in [-0.25, -0.2) is 4.39 Å². The summed E-state index contributed by atoms with van der Waals surface area (Å²) in [5.74, 6) is -1.07. The minimum Gasteiger partial charge on any atom is -0.380 e. The number of aromatic nitrogens is 2. The maximum atomic E-state index is 14.7. The molecule has 28 heavy (non-hydrogen) atoms. The van der Waals surface area contributed by atoms with Crippen LogP contribution in [0.5, 0.6) is 0 Å². The third-order valence-corrected chi connectivity index (χ3v) is 5.21. The van der Waals surface area contributed by atoms with Gasteiger partial charge in [0.25, 0.3) is 0 Å². The highest BCUT2D eigenvalue weighted by atomic mass is 19.1. The summed E-state index contributed by atoms with van der Waals surface area (Å²) >= 11 is 0. The molecule has 4 rings (SSSR count). The monoisotopic (exact) mass is 382 g/mol. The molecular formula is C20H23FN6O. The van der Waals surface area contributed by atoms with Crippen molar-refractivity contribution >= 4 is 28.2 Å². The lowest BCUT2D eigenvalue weighted by Gasteiger charge is -2.35. The highest BCUT2D eigenvalue weighted by Gasteiger charge is 2.23. The van der Waals surface area contributed by atoms with Crippen LogP contribution in [0.3, 0.4) is 0 Å². The van der Waals surface area contributed by atoms with Gasteiger partial charge in [-0.1, -0.05) is 6.07 Å². The summed E-state index contributed by atoms with van der Waals surface area (Å²) in [5.41, 5.74) is 13.8. The van der Waals surface area contributed by atoms with Crippen LogP contribution >= 0.6 is 0 Å². The largest absolute Gasteiger partial charge is 0.380 e. The number of H-pyrrole nitrogens is 1. The number of piperidine rings is 1. The number of hydrogen-bond acceptors (Lipinski definition) is 5. The number of carbonyl (C=O) groups excluding carboxylic acids is 1. The van der Waals surface area contributed by atoms with Gasteiger partial charge in [0, 0.05) is 30.2 Å². The molecule has 6 N–H and O–H groups in total. The van der Waals surface area contributed by atoms with Crippen molar-refractivity contribution in [2.75, 3.05) is 23.3 Å². The van der Waals surface area contributed by atoms with Gasteiger partial charge in [-0.15, -0.1) is 0 Å². The zero-order chi connectivity index (χ0) is 19.7. The average molecular weight is 382 g/mol. The van der Waals surface area contributed by atoms with Gasteiger partial charge < -0.3 is 21.7 Å². The SMILES string of the molecule is NC(=O)C(N)c1ccc(N2CCCC(Nc3ccc4cn[nH]c4c3)C2)c(F)c1. The summed E-state index contributed by atoms with van der Waals surface area (Å²) in [6.07, 6.45) is 3.74. The maximum absolute atomic E-state index is 14.7. The Kier molecular flexibility index (Phi) is 4.87. The second kappa shape index (κ2) is 7.47. The number of carbonyl (C=O) groups is 1. The van der Waals surface area contributed by atoms with Crippen LogP contribution in [0.4, 0.5) is 15.8 Å². The molecule has 0 bridgehead atoms. The first-order valence-electron chi connectivity index (χ1n) is 9.30. The van der Waals surface area contributed by atoms with Crippen LogP contribution < -0.4 is 21.7 Å². The Morgan fingerprint density at radius 2 is 2.18 bits per heavy atom. The van der Waals surface area contributed by atoms with E-state index in [1.54, 1.807) is 18.3 Å². The van der Waals surface area contributed by atoms with Gasteiger partial charge in [0.1, 0.15) is 11.9 Å². The molecule has 1 fully saturated rings. The van der Waals surface area contributed by atoms with Crippen molar-refractivity contribution in [3.8, 4) is 0 Å². The minimum absolute atomic E-state index is 0.195. The van der Waals surface area contributed by atoms with E-state index in [0.717, 1.165) is 36.0 Å². The van der Waals surface area contributed by atoms with Gasteiger partial charge >= 0.3 is 0 Å². The van der Waals surface area contributed by atoms with Gasteiger partial charge in [-0.05, 0) is 48.7 Å². The Hall–Kier alpha value is -3.13. The number of nitrogens with two attached hydrogens (primary N) is 2. The number of rotatable bonds is 5. The topological polar surface area (TPSA) is 113 Å². The van der Waals surface area contributed by atoms with Gasteiger partial charge in [0.15, 0.2) is 0 Å². The molecule has 0 saturated carbocycles. The smallest absolute Gasteiger partial charge is 0.238 e. The molecule has 8 heteroatoms. The zero-order valence-corrected chi connectivity index (χ0v) is 15.4. The van der Waals surface area contributed by atoms with Gasteiger partial charge in [-0.2, -0.15) is 5.10 Å². The Morgan fingerprint density at radius 3 is 2.96 bits per heavy atom. The molecule has 2 heterocycles. The molecular weight excluding hydrogens is 359 g/mol. The number of benzene rings is 2. The number of nitrogens with one attached hydrogen (secondary N) is 2. The van der Waals surface area contributed by atoms with E-state index in [4.69, 9.17) is 11.5 Å². The average Bonchev–Trinajstić information content (AvgIpc) is 3.15. The van der Waals surface area contributed by atoms with E-state index in [9.17, 15) is 9.18 Å². The van der Waals surface area contributed by atoms with E-state index < -0.39 is 17.8 Å². The molecule has 1 aromatic heterocycles. The van der Waals surface area contributed by atoms with E-state index in [0.29, 0.717) is 17.8 Å². The number of nitrogens with zero attached hydrogens (tertiary/aromatic N) is 2. The van der Waals surface area contributed by atoms with Crippen molar-refractivity contribution < 1.29 is 9.18 Å². The van der Waals surface area contributed by atoms with Crippen LogP contribution in [-0.2, 0) is 4.79 Å². The van der Waals surface area contributed by atoms with Gasteiger partial charge in [0.2, 0.25) is 5.91 Å². The molecule has 3 aromatic rings. The molecule has 7 nitrogen and oxygen atoms in total. The van der Waals surface area contributed by atoms with E-state index in [1.165, 1.54) is 6.07 Å². The lowest BCUT2D eigenvalue weighted by molar-refractivity contribution is -0.119. The van der Waals surface area contributed by atoms with Crippen molar-refractivity contribution in [2.45, 2.75) is 24.9 Å². The first kappa shape index (κ1) is 18.2. The van der Waals surface area contributed by atoms with Crippen LogP contribution in [0.2, 0.25) is 0 Å². The number of anilines is 2. The van der Waals surface area contributed by atoms with Crippen molar-refractivity contribution in [3.05, 3.63) is 54.0 Å². The summed E-state index contributed by atoms with van der Waals surface area (Å²) in [4.78, 5) is 13.2. The Morgan fingerprint density at radius 1 is 1.32 bits per heavy atom. The lowest BCUT2D eigenvalue weighted by Crippen LogP contribution is -2.42. The normalized spacial score (nSPS) is 18.2. The fourth-order valence-electron chi connectivity index (χ4n) is 3.71. The summed E-state index contributed by atoms with van der Waals surface area (Å²) in [6, 6.07) is 9.90. The molecule has 1 amide bonds. The van der Waals surface area contributed by atoms with Crippen molar-refractivity contribution in [2.24, 2.45) is 11.5 Å². The van der Waals surface area contributed by atoms with Crippen LogP contribution in [0.1, 0.15) is 24.4 Å². The molecule has 1 aliphatic rings. The third kappa shape index (κ3) is 3.63. The zero-order valence-electron chi connectivity index (χ0n) is 15.4. The van der Waals surface area contributed by atoms with Crippen LogP contribution in [-0.4, -0.2) is 35.2 Å². The predicted octanol–water partition coefficient (Wildman–Crippen LogP) is 2.27. The van der Waals surface area contributed by atoms with E-state index in [2.05, 4.69) is 15.5 Å². The van der Waals surface area contributed by atoms with Crippen LogP contribution in [0.25, 0.3) is 10.9 Å². The summed E-state index contributed by atoms with van der Waals surface area (Å²) in [5, 5.41) is 11.6. The van der Waals surface area contributed by atoms with E-state index in [1.807, 2.05) is 23.1 Å². The molecule has 2 aromatic carbocycles. The maximum Gasteiger partial charge on any atom is 0.238 e. The Bertz CT molecular complexity index is 1000. The Balaban J connectivity index is 1.48. The van der Waals surface area contributed by atoms with Crippen molar-refractivity contribution in [1.82, 2.24) is 10.2 Å². The van der Waals surface area contributed by atoms with E-state index in [-0.39, 0.29) is 6.04 Å². The quantitative estimate of drug-likeness (QED) is 0.541. The molecule has 146 valence electrons. The lowest BCUT2D eigenvalue weighted by atomic mass is 10.0. The molecule has 1 aliphatic heterocycles. The molecule has 0 spiro atoms. The second-order valence-electron chi connectivity index (χ2n) is 7.19. The summed E-state index contributed by atoms with van der Waals surface area (Å²) in [7, 11) is 0. The fourth-order valence-corrected chi connectivity index (χ4v) is 3.71. The number of amides is 1. The first-order valence-corrected chi connectivity index (χ1v) is 9.30. The number of fused-ring (bicyclic) bond motifs is 1. The van der Waals surface area contributed by atoms with Crippen molar-refractivity contribution in [3.63, 3.8) is 0 Å². The molecule has 0 aliphatic carbocycles. The molecule has 0 radical (unpaired) electrons. The van der Waals surface area contributed by atoms with Gasteiger partial charge in [0.05, 0.1) is 17.4 Å². The minimum atomic E-state index is -1.00. The fraction of sp³-hybridized carbons (Fsp3) is 0.300. The van der Waals surface area contributed by atoms with Gasteiger partial charge in [-0.3, -0.25) is 9.89 Å². The molecule has 2 atom stereocenters. The standard InChI is InChI=1S/C20H23FN6O/c21-16-8-12(19(22)20(23)28)4-6-18(16)27-7-1-2-15(11-27)25-14-5-3-13-10-24-26-17(13)9-14/h3-6,8-10,15,19,25H,1-2,7,11,22H2,(H2,23,28)(H,24,26). The second-order valence-corrected chi connectivity index (χ2v) is 7.19. The predicted molar refractivity (Wildman–Crippen MR) is 107 cm³/mol. The summed E-state index contributed by atoms with van der Waals surface area (Å²) < 4.78 is 14.7. The number of halogens is 1. The first-order chi connectivity index (χ1) is 13.5. The third-order valence-electron chi connectivity index (χ3n) is 5.21. The number of aromatic amines is 1. The van der Waals surface area contributed by atoms with Crippen LogP contribution in [0.15, 0.2) is 42.6 Å². The number of hydrogen-bond donors (Lipinski definition) is 4. The Labute approximate surface area is 161 Å². The molecule has 2 unspecified atom stereocenters. The highest BCUT2D eigenvalue weighted by Crippen LogP contribution is 2.27. The summed E-state index contributed by atoms with van der Waals surface area (Å²) in [6.45, 7) is 1.45. The van der Waals surface area contributed by atoms with Crippen LogP contribution in [0, 0.1) is 5.82 Å². The highest BCUT2D eigenvalue weighted by molar-refractivity contribution is 5.82. The number of primary amides is 1.